The summed E-state index contributed by atoms with van der Waals surface area (Å²) >= 11 is 1.47. The van der Waals surface area contributed by atoms with Crippen molar-refractivity contribution in [3.05, 3.63) is 23.8 Å². The molecule has 0 bridgehead atoms. The fourth-order valence-corrected chi connectivity index (χ4v) is 3.40. The van der Waals surface area contributed by atoms with Gasteiger partial charge in [-0.2, -0.15) is 5.26 Å². The summed E-state index contributed by atoms with van der Waals surface area (Å²) in [6.45, 7) is 1.95. The van der Waals surface area contributed by atoms with E-state index in [-0.39, 0.29) is 5.91 Å². The fraction of sp³-hybridized carbons (Fsp3) is 0.500. The molecule has 1 fully saturated rings. The second kappa shape index (κ2) is 6.86. The van der Waals surface area contributed by atoms with Crippen LogP contribution >= 0.6 is 11.8 Å². The molecule has 0 aromatic heterocycles. The monoisotopic (exact) mass is 303 g/mol. The van der Waals surface area contributed by atoms with Crippen LogP contribution in [-0.4, -0.2) is 17.2 Å². The van der Waals surface area contributed by atoms with Crippen LogP contribution in [0.5, 0.6) is 0 Å². The Balaban J connectivity index is 1.89. The van der Waals surface area contributed by atoms with E-state index in [1.54, 1.807) is 0 Å². The third kappa shape index (κ3) is 4.15. The zero-order chi connectivity index (χ0) is 15.3. The van der Waals surface area contributed by atoms with E-state index in [1.165, 1.54) is 11.8 Å². The summed E-state index contributed by atoms with van der Waals surface area (Å²) < 4.78 is 0. The van der Waals surface area contributed by atoms with Gasteiger partial charge in [-0.05, 0) is 43.5 Å². The number of benzene rings is 1. The van der Waals surface area contributed by atoms with E-state index < -0.39 is 5.54 Å². The summed E-state index contributed by atoms with van der Waals surface area (Å²) in [5.41, 5.74) is 6.91. The van der Waals surface area contributed by atoms with Gasteiger partial charge in [-0.3, -0.25) is 4.79 Å². The van der Waals surface area contributed by atoms with Crippen molar-refractivity contribution in [1.29, 1.82) is 5.26 Å². The van der Waals surface area contributed by atoms with Crippen LogP contribution in [0.2, 0.25) is 0 Å². The molecule has 0 unspecified atom stereocenters. The number of nitrogens with one attached hydrogen (secondary N) is 1. The number of nitriles is 1. The number of anilines is 1. The highest BCUT2D eigenvalue weighted by molar-refractivity contribution is 8.00. The first-order chi connectivity index (χ1) is 10.0. The number of carbonyl (C=O) groups excluding carboxylic acids is 1. The van der Waals surface area contributed by atoms with E-state index in [0.29, 0.717) is 5.75 Å². The Morgan fingerprint density at radius 1 is 1.43 bits per heavy atom. The van der Waals surface area contributed by atoms with Crippen LogP contribution < -0.4 is 11.1 Å². The Labute approximate surface area is 130 Å². The third-order valence-corrected chi connectivity index (χ3v) is 4.90. The van der Waals surface area contributed by atoms with Gasteiger partial charge in [0.25, 0.3) is 0 Å². The summed E-state index contributed by atoms with van der Waals surface area (Å²) in [5.74, 6) is 0.255. The molecule has 112 valence electrons. The van der Waals surface area contributed by atoms with Crippen molar-refractivity contribution in [2.75, 3.05) is 11.5 Å². The van der Waals surface area contributed by atoms with Crippen molar-refractivity contribution in [3.8, 4) is 6.07 Å². The SMILES string of the molecule is Cc1cc(SCC(=O)NC2(C#N)CCCCC2)ccc1N. The Hall–Kier alpha value is -1.67. The first-order valence-corrected chi connectivity index (χ1v) is 8.24. The molecule has 0 spiro atoms. The molecule has 0 atom stereocenters. The van der Waals surface area contributed by atoms with Crippen LogP contribution in [0.15, 0.2) is 23.1 Å². The lowest BCUT2D eigenvalue weighted by atomic mass is 9.83. The number of aryl methyl sites for hydroxylation is 1. The van der Waals surface area contributed by atoms with Crippen molar-refractivity contribution >= 4 is 23.4 Å². The lowest BCUT2D eigenvalue weighted by Crippen LogP contribution is -2.49. The molecule has 0 aliphatic heterocycles. The van der Waals surface area contributed by atoms with E-state index in [1.807, 2.05) is 25.1 Å². The molecule has 1 aromatic rings. The molecule has 1 amide bonds. The molecule has 21 heavy (non-hydrogen) atoms. The quantitative estimate of drug-likeness (QED) is 0.662. The number of thioether (sulfide) groups is 1. The number of carbonyl (C=O) groups is 1. The Morgan fingerprint density at radius 2 is 2.14 bits per heavy atom. The molecule has 1 aromatic carbocycles. The maximum absolute atomic E-state index is 12.1. The van der Waals surface area contributed by atoms with Crippen molar-refractivity contribution in [2.45, 2.75) is 49.5 Å². The topological polar surface area (TPSA) is 78.9 Å². The van der Waals surface area contributed by atoms with E-state index in [0.717, 1.165) is 48.3 Å². The minimum absolute atomic E-state index is 0.0714. The van der Waals surface area contributed by atoms with Gasteiger partial charge < -0.3 is 11.1 Å². The molecule has 2 rings (SSSR count). The Morgan fingerprint density at radius 3 is 2.76 bits per heavy atom. The fourth-order valence-electron chi connectivity index (χ4n) is 2.61. The molecular weight excluding hydrogens is 282 g/mol. The smallest absolute Gasteiger partial charge is 0.231 e. The van der Waals surface area contributed by atoms with Crippen LogP contribution in [0.1, 0.15) is 37.7 Å². The second-order valence-electron chi connectivity index (χ2n) is 5.61. The van der Waals surface area contributed by atoms with Gasteiger partial charge in [0.05, 0.1) is 11.8 Å². The lowest BCUT2D eigenvalue weighted by molar-refractivity contribution is -0.120. The van der Waals surface area contributed by atoms with E-state index in [2.05, 4.69) is 11.4 Å². The van der Waals surface area contributed by atoms with Crippen LogP contribution in [0.25, 0.3) is 0 Å². The summed E-state index contributed by atoms with van der Waals surface area (Å²) in [6, 6.07) is 8.06. The Kier molecular flexibility index (Phi) is 5.13. The third-order valence-electron chi connectivity index (χ3n) is 3.91. The van der Waals surface area contributed by atoms with Crippen molar-refractivity contribution in [1.82, 2.24) is 5.32 Å². The van der Waals surface area contributed by atoms with E-state index >= 15 is 0 Å². The number of nitrogens with zero attached hydrogens (tertiary/aromatic N) is 1. The molecule has 1 saturated carbocycles. The average Bonchev–Trinajstić information content (AvgIpc) is 2.49. The highest BCUT2D eigenvalue weighted by Crippen LogP contribution is 2.28. The molecule has 4 nitrogen and oxygen atoms in total. The number of rotatable bonds is 4. The van der Waals surface area contributed by atoms with Crippen molar-refractivity contribution in [2.24, 2.45) is 0 Å². The van der Waals surface area contributed by atoms with Gasteiger partial charge in [-0.25, -0.2) is 0 Å². The molecule has 1 aliphatic carbocycles. The van der Waals surface area contributed by atoms with Gasteiger partial charge in [0.1, 0.15) is 5.54 Å². The van der Waals surface area contributed by atoms with Crippen LogP contribution in [0.3, 0.4) is 0 Å². The predicted octanol–water partition coefficient (Wildman–Crippen LogP) is 3.01. The largest absolute Gasteiger partial charge is 0.399 e. The molecule has 3 N–H and O–H groups in total. The van der Waals surface area contributed by atoms with Gasteiger partial charge in [0.2, 0.25) is 5.91 Å². The van der Waals surface area contributed by atoms with Crippen LogP contribution in [0.4, 0.5) is 5.69 Å². The Bertz CT molecular complexity index is 559. The number of nitrogen functional groups attached to an aromatic ring is 1. The normalized spacial score (nSPS) is 17.0. The zero-order valence-corrected chi connectivity index (χ0v) is 13.1. The first-order valence-electron chi connectivity index (χ1n) is 7.26. The molecule has 5 heteroatoms. The predicted molar refractivity (Wildman–Crippen MR) is 85.9 cm³/mol. The van der Waals surface area contributed by atoms with Gasteiger partial charge in [-0.1, -0.05) is 19.3 Å². The summed E-state index contributed by atoms with van der Waals surface area (Å²) in [5, 5.41) is 12.3. The number of hydrogen-bond donors (Lipinski definition) is 2. The molecule has 0 saturated heterocycles. The highest BCUT2D eigenvalue weighted by Gasteiger charge is 2.33. The van der Waals surface area contributed by atoms with Crippen molar-refractivity contribution in [3.63, 3.8) is 0 Å². The van der Waals surface area contributed by atoms with Crippen LogP contribution in [0, 0.1) is 18.3 Å². The minimum Gasteiger partial charge on any atom is -0.399 e. The highest BCUT2D eigenvalue weighted by atomic mass is 32.2. The summed E-state index contributed by atoms with van der Waals surface area (Å²) in [7, 11) is 0. The van der Waals surface area contributed by atoms with Gasteiger partial charge in [0, 0.05) is 10.6 Å². The average molecular weight is 303 g/mol. The van der Waals surface area contributed by atoms with Crippen molar-refractivity contribution < 1.29 is 4.79 Å². The lowest BCUT2D eigenvalue weighted by Gasteiger charge is -2.31. The zero-order valence-electron chi connectivity index (χ0n) is 12.3. The van der Waals surface area contributed by atoms with E-state index in [4.69, 9.17) is 5.73 Å². The molecular formula is C16H21N3OS. The maximum atomic E-state index is 12.1. The summed E-state index contributed by atoms with van der Waals surface area (Å²) in [6.07, 6.45) is 4.71. The van der Waals surface area contributed by atoms with Gasteiger partial charge in [-0.15, -0.1) is 11.8 Å². The minimum atomic E-state index is -0.646. The standard InChI is InChI=1S/C16H21N3OS/c1-12-9-13(5-6-14(12)18)21-10-15(20)19-16(11-17)7-3-2-4-8-16/h5-6,9H,2-4,7-8,10,18H2,1H3,(H,19,20). The van der Waals surface area contributed by atoms with Gasteiger partial charge >= 0.3 is 0 Å². The second-order valence-corrected chi connectivity index (χ2v) is 6.66. The first kappa shape index (κ1) is 15.7. The van der Waals surface area contributed by atoms with E-state index in [9.17, 15) is 10.1 Å². The number of amides is 1. The number of nitrogens with two attached hydrogens (primary N) is 1. The summed E-state index contributed by atoms with van der Waals surface area (Å²) in [4.78, 5) is 13.1. The maximum Gasteiger partial charge on any atom is 0.231 e. The van der Waals surface area contributed by atoms with Crippen LogP contribution in [-0.2, 0) is 4.79 Å². The molecule has 0 heterocycles. The number of hydrogen-bond acceptors (Lipinski definition) is 4. The van der Waals surface area contributed by atoms with Gasteiger partial charge in [0.15, 0.2) is 0 Å². The molecule has 1 aliphatic rings. The molecule has 0 radical (unpaired) electrons.